The lowest BCUT2D eigenvalue weighted by molar-refractivity contribution is 0.0995. The third-order valence-electron chi connectivity index (χ3n) is 1.88. The number of nitrogens with zero attached hydrogens (tertiary/aromatic N) is 3. The Balaban J connectivity index is 2.36. The second kappa shape index (κ2) is 3.83. The zero-order chi connectivity index (χ0) is 10.7. The Labute approximate surface area is 86.0 Å². The third-order valence-corrected chi connectivity index (χ3v) is 1.88. The Hall–Kier alpha value is -2.30. The van der Waals surface area contributed by atoms with Crippen LogP contribution in [-0.2, 0) is 0 Å². The predicted molar refractivity (Wildman–Crippen MR) is 53.8 cm³/mol. The molecule has 0 aliphatic carbocycles. The Kier molecular flexibility index (Phi) is 2.37. The minimum atomic E-state index is -0.580. The summed E-state index contributed by atoms with van der Waals surface area (Å²) >= 11 is 0. The molecule has 0 bridgehead atoms. The molecule has 0 saturated carbocycles. The van der Waals surface area contributed by atoms with Crippen LogP contribution >= 0.6 is 0 Å². The average molecular weight is 200 g/mol. The summed E-state index contributed by atoms with van der Waals surface area (Å²) in [5.41, 5.74) is 6.79. The van der Waals surface area contributed by atoms with E-state index in [1.807, 2.05) is 12.1 Å². The van der Waals surface area contributed by atoms with Crippen LogP contribution in [0, 0.1) is 0 Å². The molecular weight excluding hydrogens is 192 g/mol. The molecule has 0 unspecified atom stereocenters. The highest BCUT2D eigenvalue weighted by atomic mass is 16.1. The number of carbonyl (C=O) groups excluding carboxylic acids is 1. The Bertz CT molecular complexity index is 467. The second-order valence-corrected chi connectivity index (χ2v) is 2.89. The lowest BCUT2D eigenvalue weighted by Crippen LogP contribution is -2.13. The number of hydrogen-bond acceptors (Lipinski definition) is 4. The van der Waals surface area contributed by atoms with Crippen LogP contribution in [-0.4, -0.2) is 20.9 Å². The smallest absolute Gasteiger partial charge is 0.268 e. The van der Waals surface area contributed by atoms with Crippen LogP contribution in [0.4, 0.5) is 0 Å². The summed E-state index contributed by atoms with van der Waals surface area (Å²) in [4.78, 5) is 22.6. The molecule has 74 valence electrons. The van der Waals surface area contributed by atoms with E-state index in [2.05, 4.69) is 15.0 Å². The molecule has 0 aliphatic heterocycles. The molecule has 0 radical (unpaired) electrons. The number of primary amides is 1. The standard InChI is InChI=1S/C10H8N4O/c11-10(15)9-6-13-8(5-14-9)7-1-3-12-4-2-7/h1-6H,(H2,11,15). The molecule has 15 heavy (non-hydrogen) atoms. The molecule has 2 N–H and O–H groups in total. The second-order valence-electron chi connectivity index (χ2n) is 2.89. The average Bonchev–Trinajstić information content (AvgIpc) is 2.30. The lowest BCUT2D eigenvalue weighted by atomic mass is 10.2. The minimum absolute atomic E-state index is 0.160. The van der Waals surface area contributed by atoms with Gasteiger partial charge in [0.2, 0.25) is 0 Å². The van der Waals surface area contributed by atoms with Crippen molar-refractivity contribution in [3.05, 3.63) is 42.6 Å². The topological polar surface area (TPSA) is 81.8 Å². The van der Waals surface area contributed by atoms with Crippen LogP contribution in [0.15, 0.2) is 36.9 Å². The van der Waals surface area contributed by atoms with E-state index in [-0.39, 0.29) is 5.69 Å². The van der Waals surface area contributed by atoms with Crippen molar-refractivity contribution in [1.82, 2.24) is 15.0 Å². The summed E-state index contributed by atoms with van der Waals surface area (Å²) < 4.78 is 0. The zero-order valence-corrected chi connectivity index (χ0v) is 7.79. The highest BCUT2D eigenvalue weighted by molar-refractivity contribution is 5.90. The first-order valence-electron chi connectivity index (χ1n) is 4.29. The number of nitrogens with two attached hydrogens (primary N) is 1. The Morgan fingerprint density at radius 1 is 1.13 bits per heavy atom. The van der Waals surface area contributed by atoms with Gasteiger partial charge in [-0.15, -0.1) is 0 Å². The molecule has 0 atom stereocenters. The molecule has 2 heterocycles. The van der Waals surface area contributed by atoms with E-state index in [0.717, 1.165) is 5.56 Å². The van der Waals surface area contributed by atoms with Crippen molar-refractivity contribution in [2.75, 3.05) is 0 Å². The van der Waals surface area contributed by atoms with Crippen molar-refractivity contribution in [3.63, 3.8) is 0 Å². The zero-order valence-electron chi connectivity index (χ0n) is 7.79. The fraction of sp³-hybridized carbons (Fsp3) is 0. The lowest BCUT2D eigenvalue weighted by Gasteiger charge is -1.99. The van der Waals surface area contributed by atoms with Crippen LogP contribution in [0.5, 0.6) is 0 Å². The van der Waals surface area contributed by atoms with Gasteiger partial charge >= 0.3 is 0 Å². The summed E-state index contributed by atoms with van der Waals surface area (Å²) in [5, 5.41) is 0. The maximum Gasteiger partial charge on any atom is 0.268 e. The highest BCUT2D eigenvalue weighted by Crippen LogP contribution is 2.13. The van der Waals surface area contributed by atoms with Gasteiger partial charge in [-0.2, -0.15) is 0 Å². The predicted octanol–water partition coefficient (Wildman–Crippen LogP) is 0.637. The summed E-state index contributed by atoms with van der Waals surface area (Å²) in [5.74, 6) is -0.580. The van der Waals surface area contributed by atoms with Gasteiger partial charge in [-0.05, 0) is 12.1 Å². The Morgan fingerprint density at radius 2 is 1.87 bits per heavy atom. The van der Waals surface area contributed by atoms with Gasteiger partial charge in [0.1, 0.15) is 5.69 Å². The molecule has 0 aromatic carbocycles. The van der Waals surface area contributed by atoms with Gasteiger partial charge in [-0.1, -0.05) is 0 Å². The van der Waals surface area contributed by atoms with Gasteiger partial charge in [0.15, 0.2) is 0 Å². The summed E-state index contributed by atoms with van der Waals surface area (Å²) in [7, 11) is 0. The van der Waals surface area contributed by atoms with Gasteiger partial charge in [-0.3, -0.25) is 14.8 Å². The largest absolute Gasteiger partial charge is 0.364 e. The number of amides is 1. The van der Waals surface area contributed by atoms with Crippen LogP contribution in [0.2, 0.25) is 0 Å². The van der Waals surface area contributed by atoms with Crippen LogP contribution in [0.1, 0.15) is 10.5 Å². The molecule has 0 aliphatic rings. The molecule has 0 saturated heterocycles. The molecule has 1 amide bonds. The monoisotopic (exact) mass is 200 g/mol. The van der Waals surface area contributed by atoms with Crippen molar-refractivity contribution in [2.24, 2.45) is 5.73 Å². The molecule has 0 fully saturated rings. The summed E-state index contributed by atoms with van der Waals surface area (Å²) in [6.45, 7) is 0. The molecular formula is C10H8N4O. The SMILES string of the molecule is NC(=O)c1cnc(-c2ccncc2)cn1. The number of hydrogen-bond donors (Lipinski definition) is 1. The van der Waals surface area contributed by atoms with E-state index in [0.29, 0.717) is 5.69 Å². The van der Waals surface area contributed by atoms with E-state index >= 15 is 0 Å². The first-order chi connectivity index (χ1) is 7.27. The number of carbonyl (C=O) groups is 1. The minimum Gasteiger partial charge on any atom is -0.364 e. The summed E-state index contributed by atoms with van der Waals surface area (Å²) in [6.07, 6.45) is 6.20. The van der Waals surface area contributed by atoms with Crippen molar-refractivity contribution < 1.29 is 4.79 Å². The normalized spacial score (nSPS) is 9.87. The maximum atomic E-state index is 10.8. The Morgan fingerprint density at radius 3 is 2.40 bits per heavy atom. The number of pyridine rings is 1. The van der Waals surface area contributed by atoms with Gasteiger partial charge in [0, 0.05) is 18.0 Å². The van der Waals surface area contributed by atoms with Crippen LogP contribution in [0.25, 0.3) is 11.3 Å². The van der Waals surface area contributed by atoms with Gasteiger partial charge in [0.25, 0.3) is 5.91 Å². The van der Waals surface area contributed by atoms with Crippen molar-refractivity contribution in [1.29, 1.82) is 0 Å². The van der Waals surface area contributed by atoms with Crippen molar-refractivity contribution in [2.45, 2.75) is 0 Å². The molecule has 2 rings (SSSR count). The van der Waals surface area contributed by atoms with E-state index < -0.39 is 5.91 Å². The van der Waals surface area contributed by atoms with Crippen LogP contribution < -0.4 is 5.73 Å². The van der Waals surface area contributed by atoms with Crippen molar-refractivity contribution in [3.8, 4) is 11.3 Å². The molecule has 2 aromatic rings. The molecule has 5 heteroatoms. The van der Waals surface area contributed by atoms with Crippen molar-refractivity contribution >= 4 is 5.91 Å². The van der Waals surface area contributed by atoms with E-state index in [1.165, 1.54) is 12.4 Å². The number of rotatable bonds is 2. The van der Waals surface area contributed by atoms with Crippen LogP contribution in [0.3, 0.4) is 0 Å². The fourth-order valence-electron chi connectivity index (χ4n) is 1.13. The van der Waals surface area contributed by atoms with E-state index in [4.69, 9.17) is 5.73 Å². The fourth-order valence-corrected chi connectivity index (χ4v) is 1.13. The highest BCUT2D eigenvalue weighted by Gasteiger charge is 2.03. The molecule has 0 spiro atoms. The molecule has 2 aromatic heterocycles. The maximum absolute atomic E-state index is 10.8. The number of aromatic nitrogens is 3. The first kappa shape index (κ1) is 9.26. The third kappa shape index (κ3) is 1.96. The van der Waals surface area contributed by atoms with E-state index in [9.17, 15) is 4.79 Å². The summed E-state index contributed by atoms with van der Waals surface area (Å²) in [6, 6.07) is 3.63. The quantitative estimate of drug-likeness (QED) is 0.771. The van der Waals surface area contributed by atoms with Gasteiger partial charge in [0.05, 0.1) is 18.1 Å². The first-order valence-corrected chi connectivity index (χ1v) is 4.29. The van der Waals surface area contributed by atoms with E-state index in [1.54, 1.807) is 12.4 Å². The van der Waals surface area contributed by atoms with Gasteiger partial charge in [-0.25, -0.2) is 4.98 Å². The molecule has 5 nitrogen and oxygen atoms in total. The van der Waals surface area contributed by atoms with Gasteiger partial charge < -0.3 is 5.73 Å².